The highest BCUT2D eigenvalue weighted by atomic mass is 32.1. The standard InChI is InChI=1S/C21H24N2O3S/c1-21(20(25)26)11-6-12-23(13-21)19(24)15-8-3-2-7-14(15)18-22-16-9-4-5-10-17(16)27-18/h2-5,9-10,14-15H,6-8,11-13H2,1H3,(H,25,26). The first-order chi connectivity index (χ1) is 13.0. The van der Waals surface area contributed by atoms with Gasteiger partial charge in [-0.25, -0.2) is 4.98 Å². The SMILES string of the molecule is CC1(C(=O)O)CCCN(C(=O)C2CC=CCC2c2nc3ccccc3s2)C1. The molecule has 6 heteroatoms. The monoisotopic (exact) mass is 384 g/mol. The highest BCUT2D eigenvalue weighted by Crippen LogP contribution is 2.40. The number of allylic oxidation sites excluding steroid dienone is 2. The van der Waals surface area contributed by atoms with Gasteiger partial charge in [-0.3, -0.25) is 9.59 Å². The van der Waals surface area contributed by atoms with Crippen molar-refractivity contribution in [3.05, 3.63) is 41.4 Å². The molecular weight excluding hydrogens is 360 g/mol. The van der Waals surface area contributed by atoms with Crippen LogP contribution >= 0.6 is 11.3 Å². The Morgan fingerprint density at radius 3 is 2.81 bits per heavy atom. The number of hydrogen-bond donors (Lipinski definition) is 1. The molecule has 1 aromatic heterocycles. The molecule has 0 radical (unpaired) electrons. The number of piperidine rings is 1. The predicted molar refractivity (Wildman–Crippen MR) is 106 cm³/mol. The average molecular weight is 385 g/mol. The summed E-state index contributed by atoms with van der Waals surface area (Å²) in [6, 6.07) is 8.06. The molecule has 2 aromatic rings. The third-order valence-electron chi connectivity index (χ3n) is 5.90. The first-order valence-corrected chi connectivity index (χ1v) is 10.3. The van der Waals surface area contributed by atoms with E-state index in [-0.39, 0.29) is 17.7 Å². The van der Waals surface area contributed by atoms with E-state index in [1.165, 1.54) is 0 Å². The molecule has 0 saturated carbocycles. The first-order valence-electron chi connectivity index (χ1n) is 9.50. The molecule has 1 fully saturated rings. The smallest absolute Gasteiger partial charge is 0.311 e. The van der Waals surface area contributed by atoms with Gasteiger partial charge in [-0.1, -0.05) is 24.3 Å². The minimum Gasteiger partial charge on any atom is -0.481 e. The van der Waals surface area contributed by atoms with Gasteiger partial charge in [-0.2, -0.15) is 0 Å². The van der Waals surface area contributed by atoms with E-state index in [2.05, 4.69) is 18.2 Å². The van der Waals surface area contributed by atoms with Gasteiger partial charge in [0.05, 0.1) is 26.6 Å². The highest BCUT2D eigenvalue weighted by Gasteiger charge is 2.42. The van der Waals surface area contributed by atoms with Gasteiger partial charge in [0.2, 0.25) is 5.91 Å². The molecule has 1 saturated heterocycles. The van der Waals surface area contributed by atoms with Crippen LogP contribution in [0.2, 0.25) is 0 Å². The van der Waals surface area contributed by atoms with Crippen LogP contribution in [0.15, 0.2) is 36.4 Å². The molecule has 1 aromatic carbocycles. The van der Waals surface area contributed by atoms with Crippen LogP contribution in [0.3, 0.4) is 0 Å². The number of aromatic nitrogens is 1. The maximum absolute atomic E-state index is 13.3. The summed E-state index contributed by atoms with van der Waals surface area (Å²) in [4.78, 5) is 31.6. The summed E-state index contributed by atoms with van der Waals surface area (Å²) in [7, 11) is 0. The maximum Gasteiger partial charge on any atom is 0.311 e. The Morgan fingerprint density at radius 2 is 2.04 bits per heavy atom. The van der Waals surface area contributed by atoms with Crippen molar-refractivity contribution in [2.75, 3.05) is 13.1 Å². The number of thiazole rings is 1. The van der Waals surface area contributed by atoms with Crippen LogP contribution in [0.4, 0.5) is 0 Å². The van der Waals surface area contributed by atoms with E-state index in [1.807, 2.05) is 18.2 Å². The first kappa shape index (κ1) is 18.2. The fraction of sp³-hybridized carbons (Fsp3) is 0.476. The van der Waals surface area contributed by atoms with Crippen LogP contribution < -0.4 is 0 Å². The normalized spacial score (nSPS) is 28.4. The van der Waals surface area contributed by atoms with Gasteiger partial charge in [0.25, 0.3) is 0 Å². The lowest BCUT2D eigenvalue weighted by atomic mass is 9.79. The van der Waals surface area contributed by atoms with E-state index in [4.69, 9.17) is 4.98 Å². The van der Waals surface area contributed by atoms with Crippen LogP contribution in [0.25, 0.3) is 10.2 Å². The number of likely N-dealkylation sites (tertiary alicyclic amines) is 1. The second-order valence-corrected chi connectivity index (χ2v) is 8.97. The summed E-state index contributed by atoms with van der Waals surface area (Å²) >= 11 is 1.67. The lowest BCUT2D eigenvalue weighted by Gasteiger charge is -2.40. The van der Waals surface area contributed by atoms with Crippen molar-refractivity contribution in [3.63, 3.8) is 0 Å². The van der Waals surface area contributed by atoms with Crippen molar-refractivity contribution in [3.8, 4) is 0 Å². The van der Waals surface area contributed by atoms with Gasteiger partial charge in [0.15, 0.2) is 0 Å². The van der Waals surface area contributed by atoms with Crippen LogP contribution in [-0.2, 0) is 9.59 Å². The second-order valence-electron chi connectivity index (χ2n) is 7.90. The van der Waals surface area contributed by atoms with Gasteiger partial charge in [0.1, 0.15) is 0 Å². The Bertz CT molecular complexity index is 873. The van der Waals surface area contributed by atoms with Crippen molar-refractivity contribution < 1.29 is 14.7 Å². The van der Waals surface area contributed by atoms with Crippen LogP contribution in [-0.4, -0.2) is 40.0 Å². The van der Waals surface area contributed by atoms with E-state index in [0.29, 0.717) is 25.9 Å². The molecule has 1 aliphatic carbocycles. The molecule has 3 unspecified atom stereocenters. The molecule has 2 heterocycles. The summed E-state index contributed by atoms with van der Waals surface area (Å²) in [5, 5.41) is 10.6. The number of para-hydroxylation sites is 1. The molecule has 0 spiro atoms. The fourth-order valence-corrected chi connectivity index (χ4v) is 5.39. The van der Waals surface area contributed by atoms with E-state index >= 15 is 0 Å². The molecule has 1 aliphatic heterocycles. The summed E-state index contributed by atoms with van der Waals surface area (Å²) < 4.78 is 1.14. The summed E-state index contributed by atoms with van der Waals surface area (Å²) in [5.74, 6) is -0.827. The number of carboxylic acids is 1. The molecule has 1 N–H and O–H groups in total. The van der Waals surface area contributed by atoms with E-state index in [0.717, 1.165) is 28.1 Å². The number of benzene rings is 1. The molecule has 0 bridgehead atoms. The summed E-state index contributed by atoms with van der Waals surface area (Å²) in [6.45, 7) is 2.70. The quantitative estimate of drug-likeness (QED) is 0.810. The zero-order chi connectivity index (χ0) is 19.0. The molecule has 5 nitrogen and oxygen atoms in total. The second kappa shape index (κ2) is 7.08. The zero-order valence-electron chi connectivity index (χ0n) is 15.4. The van der Waals surface area contributed by atoms with E-state index in [1.54, 1.807) is 23.2 Å². The molecule has 3 atom stereocenters. The third kappa shape index (κ3) is 3.38. The minimum absolute atomic E-state index is 0.0675. The Labute approximate surface area is 162 Å². The minimum atomic E-state index is -0.843. The number of amides is 1. The molecule has 142 valence electrons. The number of carbonyl (C=O) groups excluding carboxylic acids is 1. The number of carbonyl (C=O) groups is 2. The van der Waals surface area contributed by atoms with Crippen molar-refractivity contribution in [2.45, 2.75) is 38.5 Å². The van der Waals surface area contributed by atoms with Crippen LogP contribution in [0.5, 0.6) is 0 Å². The lowest BCUT2D eigenvalue weighted by molar-refractivity contribution is -0.154. The summed E-state index contributed by atoms with van der Waals surface area (Å²) in [6.07, 6.45) is 7.08. The zero-order valence-corrected chi connectivity index (χ0v) is 16.2. The Balaban J connectivity index is 1.59. The number of fused-ring (bicyclic) bond motifs is 1. The molecule has 27 heavy (non-hydrogen) atoms. The lowest BCUT2D eigenvalue weighted by Crippen LogP contribution is -2.50. The Kier molecular flexibility index (Phi) is 4.76. The van der Waals surface area contributed by atoms with Crippen molar-refractivity contribution >= 4 is 33.4 Å². The largest absolute Gasteiger partial charge is 0.481 e. The van der Waals surface area contributed by atoms with Gasteiger partial charge in [-0.05, 0) is 44.7 Å². The van der Waals surface area contributed by atoms with Gasteiger partial charge in [0, 0.05) is 19.0 Å². The van der Waals surface area contributed by atoms with Crippen LogP contribution in [0, 0.1) is 11.3 Å². The maximum atomic E-state index is 13.3. The number of rotatable bonds is 3. The van der Waals surface area contributed by atoms with Gasteiger partial charge >= 0.3 is 5.97 Å². The van der Waals surface area contributed by atoms with Gasteiger partial charge in [-0.15, -0.1) is 11.3 Å². The third-order valence-corrected chi connectivity index (χ3v) is 7.07. The Hall–Kier alpha value is -2.21. The Morgan fingerprint density at radius 1 is 1.26 bits per heavy atom. The number of carboxylic acid groups (broad SMARTS) is 1. The molecular formula is C21H24N2O3S. The number of hydrogen-bond acceptors (Lipinski definition) is 4. The van der Waals surface area contributed by atoms with Gasteiger partial charge < -0.3 is 10.0 Å². The highest BCUT2D eigenvalue weighted by molar-refractivity contribution is 7.18. The molecule has 1 amide bonds. The van der Waals surface area contributed by atoms with Crippen molar-refractivity contribution in [2.24, 2.45) is 11.3 Å². The van der Waals surface area contributed by atoms with Crippen LogP contribution in [0.1, 0.15) is 43.5 Å². The van der Waals surface area contributed by atoms with E-state index < -0.39 is 11.4 Å². The summed E-state index contributed by atoms with van der Waals surface area (Å²) in [5.41, 5.74) is 0.138. The van der Waals surface area contributed by atoms with Crippen molar-refractivity contribution in [1.82, 2.24) is 9.88 Å². The number of aliphatic carboxylic acids is 1. The molecule has 4 rings (SSSR count). The van der Waals surface area contributed by atoms with E-state index in [9.17, 15) is 14.7 Å². The number of nitrogens with zero attached hydrogens (tertiary/aromatic N) is 2. The average Bonchev–Trinajstić information content (AvgIpc) is 3.11. The van der Waals surface area contributed by atoms with Crippen molar-refractivity contribution in [1.29, 1.82) is 0 Å². The predicted octanol–water partition coefficient (Wildman–Crippen LogP) is 4.06. The molecule has 2 aliphatic rings. The fourth-order valence-electron chi connectivity index (χ4n) is 4.25. The topological polar surface area (TPSA) is 70.5 Å².